The topological polar surface area (TPSA) is 88.8 Å². The number of carbonyl (C=O) groups is 3. The summed E-state index contributed by atoms with van der Waals surface area (Å²) in [6.07, 6.45) is 5.29. The molecule has 4 heterocycles. The molecule has 34 heavy (non-hydrogen) atoms. The molecular weight excluding hydrogens is 432 g/mol. The highest BCUT2D eigenvalue weighted by atomic mass is 16.5. The number of hydrogen-bond acceptors (Lipinski definition) is 6. The van der Waals surface area contributed by atoms with Crippen LogP contribution in [-0.4, -0.2) is 36.7 Å². The van der Waals surface area contributed by atoms with Crippen LogP contribution >= 0.6 is 0 Å². The third-order valence-electron chi connectivity index (χ3n) is 7.30. The number of nitrogens with one attached hydrogen (secondary N) is 1. The number of methoxy groups -OCH3 is 1. The third-order valence-corrected chi connectivity index (χ3v) is 7.30. The van der Waals surface area contributed by atoms with E-state index >= 15 is 0 Å². The zero-order chi connectivity index (χ0) is 23.6. The molecule has 2 aromatic carbocycles. The van der Waals surface area contributed by atoms with E-state index in [-0.39, 0.29) is 23.2 Å². The number of carbonyl (C=O) groups excluding carboxylic acids is 3. The molecule has 1 spiro atoms. The number of hydrogen-bond donors (Lipinski definition) is 1. The van der Waals surface area contributed by atoms with E-state index in [1.54, 1.807) is 19.2 Å². The lowest BCUT2D eigenvalue weighted by Crippen LogP contribution is -2.51. The van der Waals surface area contributed by atoms with Crippen molar-refractivity contribution < 1.29 is 23.5 Å². The van der Waals surface area contributed by atoms with Gasteiger partial charge in [-0.1, -0.05) is 30.4 Å². The van der Waals surface area contributed by atoms with Crippen molar-refractivity contribution in [3.05, 3.63) is 83.8 Å². The second-order valence-corrected chi connectivity index (χ2v) is 8.88. The van der Waals surface area contributed by atoms with Gasteiger partial charge in [0.15, 0.2) is 11.5 Å². The number of para-hydroxylation sites is 1. The van der Waals surface area contributed by atoms with E-state index in [1.165, 1.54) is 13.2 Å². The second-order valence-electron chi connectivity index (χ2n) is 8.88. The molecule has 3 aliphatic rings. The van der Waals surface area contributed by atoms with Gasteiger partial charge >= 0.3 is 0 Å². The number of rotatable bonds is 4. The Kier molecular flexibility index (Phi) is 4.33. The number of Topliss-reactive ketones (excluding diaryl/α,β-unsaturated/α-hetero) is 2. The van der Waals surface area contributed by atoms with E-state index in [2.05, 4.69) is 5.32 Å². The van der Waals surface area contributed by atoms with Crippen molar-refractivity contribution in [3.8, 4) is 5.75 Å². The Morgan fingerprint density at radius 1 is 1.12 bits per heavy atom. The second kappa shape index (κ2) is 7.18. The zero-order valence-corrected chi connectivity index (χ0v) is 18.6. The minimum atomic E-state index is -1.30. The van der Waals surface area contributed by atoms with Crippen LogP contribution in [0.25, 0.3) is 6.08 Å². The first-order chi connectivity index (χ1) is 16.5. The minimum Gasteiger partial charge on any atom is -0.497 e. The van der Waals surface area contributed by atoms with E-state index in [4.69, 9.17) is 9.15 Å². The molecule has 0 saturated carbocycles. The summed E-state index contributed by atoms with van der Waals surface area (Å²) in [7, 11) is 1.60. The van der Waals surface area contributed by atoms with Crippen molar-refractivity contribution in [2.75, 3.05) is 17.3 Å². The molecule has 3 aromatic rings. The van der Waals surface area contributed by atoms with Crippen molar-refractivity contribution in [2.45, 2.75) is 24.4 Å². The molecule has 6 rings (SSSR count). The molecule has 0 aliphatic carbocycles. The predicted molar refractivity (Wildman–Crippen MR) is 126 cm³/mol. The Hall–Kier alpha value is -4.13. The number of furan rings is 1. The van der Waals surface area contributed by atoms with Crippen LogP contribution in [0.1, 0.15) is 28.6 Å². The van der Waals surface area contributed by atoms with Crippen molar-refractivity contribution in [2.24, 2.45) is 5.92 Å². The van der Waals surface area contributed by atoms with E-state index in [9.17, 15) is 14.4 Å². The average Bonchev–Trinajstić information content (AvgIpc) is 3.55. The molecule has 3 aliphatic heterocycles. The first-order valence-corrected chi connectivity index (χ1v) is 11.1. The summed E-state index contributed by atoms with van der Waals surface area (Å²) >= 11 is 0. The van der Waals surface area contributed by atoms with Gasteiger partial charge in [0.25, 0.3) is 0 Å². The number of anilines is 2. The van der Waals surface area contributed by atoms with Crippen molar-refractivity contribution in [3.63, 3.8) is 0 Å². The fraction of sp³-hybridized carbons (Fsp3) is 0.222. The summed E-state index contributed by atoms with van der Waals surface area (Å²) < 4.78 is 10.9. The molecule has 7 heteroatoms. The summed E-state index contributed by atoms with van der Waals surface area (Å²) in [6, 6.07) is 14.8. The van der Waals surface area contributed by atoms with E-state index in [0.29, 0.717) is 17.0 Å². The molecule has 1 N–H and O–H groups in total. The highest BCUT2D eigenvalue weighted by Gasteiger charge is 2.70. The molecule has 1 saturated heterocycles. The monoisotopic (exact) mass is 454 g/mol. The number of nitrogens with zero attached hydrogens (tertiary/aromatic N) is 1. The molecule has 170 valence electrons. The third kappa shape index (κ3) is 2.49. The van der Waals surface area contributed by atoms with Crippen molar-refractivity contribution in [1.29, 1.82) is 0 Å². The Morgan fingerprint density at radius 3 is 2.68 bits per heavy atom. The number of fused-ring (bicyclic) bond motifs is 6. The van der Waals surface area contributed by atoms with Gasteiger partial charge < -0.3 is 19.4 Å². The van der Waals surface area contributed by atoms with Crippen LogP contribution in [0, 0.1) is 5.92 Å². The first kappa shape index (κ1) is 20.5. The van der Waals surface area contributed by atoms with Gasteiger partial charge in [-0.3, -0.25) is 14.4 Å². The van der Waals surface area contributed by atoms with Gasteiger partial charge in [0, 0.05) is 16.9 Å². The van der Waals surface area contributed by atoms with Gasteiger partial charge in [-0.25, -0.2) is 0 Å². The Labute approximate surface area is 196 Å². The van der Waals surface area contributed by atoms with Gasteiger partial charge in [-0.05, 0) is 48.9 Å². The van der Waals surface area contributed by atoms with Crippen LogP contribution in [0.4, 0.5) is 11.4 Å². The van der Waals surface area contributed by atoms with Gasteiger partial charge in [0.2, 0.25) is 11.7 Å². The maximum absolute atomic E-state index is 14.0. The zero-order valence-electron chi connectivity index (χ0n) is 18.6. The van der Waals surface area contributed by atoms with Gasteiger partial charge in [-0.2, -0.15) is 0 Å². The average molecular weight is 454 g/mol. The van der Waals surface area contributed by atoms with Crippen LogP contribution in [0.3, 0.4) is 0 Å². The van der Waals surface area contributed by atoms with Crippen LogP contribution in [0.15, 0.2) is 71.4 Å². The molecule has 0 unspecified atom stereocenters. The molecule has 0 radical (unpaired) electrons. The van der Waals surface area contributed by atoms with Crippen LogP contribution in [0.5, 0.6) is 5.75 Å². The Bertz CT molecular complexity index is 1380. The van der Waals surface area contributed by atoms with Gasteiger partial charge in [0.1, 0.15) is 11.2 Å². The van der Waals surface area contributed by atoms with Gasteiger partial charge in [0.05, 0.1) is 31.4 Å². The van der Waals surface area contributed by atoms with Gasteiger partial charge in [-0.15, -0.1) is 0 Å². The minimum absolute atomic E-state index is 0.131. The maximum Gasteiger partial charge on any atom is 0.238 e. The summed E-state index contributed by atoms with van der Waals surface area (Å²) in [5.74, 6) is -1.02. The SMILES string of the molecule is COc1ccc2c(c1)C=C[C@H]1N2[C@@H](C(C)=O)[C@H](C(=O)c2ccco2)[C@@]12C(=O)Nc1ccccc12. The first-order valence-electron chi connectivity index (χ1n) is 11.1. The van der Waals surface area contributed by atoms with Crippen LogP contribution in [0.2, 0.25) is 0 Å². The van der Waals surface area contributed by atoms with E-state index in [0.717, 1.165) is 11.3 Å². The number of amides is 1. The number of ether oxygens (including phenoxy) is 1. The molecule has 1 amide bonds. The molecular formula is C27H22N2O5. The molecule has 1 fully saturated rings. The lowest BCUT2D eigenvalue weighted by atomic mass is 9.65. The number of benzene rings is 2. The normalized spacial score (nSPS) is 26.1. The lowest BCUT2D eigenvalue weighted by molar-refractivity contribution is -0.122. The predicted octanol–water partition coefficient (Wildman–Crippen LogP) is 3.85. The van der Waals surface area contributed by atoms with E-state index < -0.39 is 23.4 Å². The molecule has 7 nitrogen and oxygen atoms in total. The maximum atomic E-state index is 14.0. The Balaban J connectivity index is 1.65. The molecule has 4 atom stereocenters. The van der Waals surface area contributed by atoms with Crippen molar-refractivity contribution in [1.82, 2.24) is 0 Å². The van der Waals surface area contributed by atoms with Crippen LogP contribution < -0.4 is 15.0 Å². The molecule has 1 aromatic heterocycles. The largest absolute Gasteiger partial charge is 0.497 e. The smallest absolute Gasteiger partial charge is 0.238 e. The number of ketones is 2. The van der Waals surface area contributed by atoms with E-state index in [1.807, 2.05) is 59.5 Å². The fourth-order valence-electron chi connectivity index (χ4n) is 6.01. The summed E-state index contributed by atoms with van der Waals surface area (Å²) in [6.45, 7) is 1.48. The standard InChI is InChI=1S/C27H22N2O5/c1-15(30)24-23(25(31)21-8-5-13-34-21)27(18-6-3-4-7-19(18)28-26(27)32)22-12-9-16-14-17(33-2)10-11-20(16)29(22)24/h3-14,22-24H,1-2H3,(H,28,32)/t22-,23-,24+,27+/m1/s1. The fourth-order valence-corrected chi connectivity index (χ4v) is 6.01. The van der Waals surface area contributed by atoms with Crippen molar-refractivity contribution >= 4 is 34.9 Å². The van der Waals surface area contributed by atoms with Crippen LogP contribution in [-0.2, 0) is 15.0 Å². The highest BCUT2D eigenvalue weighted by molar-refractivity contribution is 6.16. The summed E-state index contributed by atoms with van der Waals surface area (Å²) in [4.78, 5) is 43.1. The summed E-state index contributed by atoms with van der Waals surface area (Å²) in [5, 5.41) is 2.98. The molecule has 0 bridgehead atoms. The highest BCUT2D eigenvalue weighted by Crippen LogP contribution is 2.57. The lowest BCUT2D eigenvalue weighted by Gasteiger charge is -2.37. The summed E-state index contributed by atoms with van der Waals surface area (Å²) in [5.41, 5.74) is 1.70. The quantitative estimate of drug-likeness (QED) is 0.603. The Morgan fingerprint density at radius 2 is 1.94 bits per heavy atom.